The van der Waals surface area contributed by atoms with E-state index in [1.165, 1.54) is 12.1 Å². The lowest BCUT2D eigenvalue weighted by atomic mass is 9.84. The molecule has 37 heavy (non-hydrogen) atoms. The Balaban J connectivity index is 1.31. The van der Waals surface area contributed by atoms with Crippen molar-refractivity contribution in [3.05, 3.63) is 58.3 Å². The number of aryl methyl sites for hydroxylation is 1. The van der Waals surface area contributed by atoms with Crippen LogP contribution in [0.2, 0.25) is 0 Å². The molecule has 1 aliphatic carbocycles. The van der Waals surface area contributed by atoms with Crippen molar-refractivity contribution in [1.82, 2.24) is 9.55 Å². The maximum absolute atomic E-state index is 13.6. The minimum absolute atomic E-state index is 0.0242. The second-order valence-corrected chi connectivity index (χ2v) is 10.3. The van der Waals surface area contributed by atoms with Crippen LogP contribution in [0.5, 0.6) is 5.75 Å². The van der Waals surface area contributed by atoms with E-state index in [0.717, 1.165) is 44.5 Å². The number of hydrogen-bond acceptors (Lipinski definition) is 7. The molecular formula is C28H32FN5O3. The van der Waals surface area contributed by atoms with Crippen molar-refractivity contribution < 1.29 is 14.2 Å². The van der Waals surface area contributed by atoms with E-state index >= 15 is 0 Å². The highest BCUT2D eigenvalue weighted by Crippen LogP contribution is 2.37. The Labute approximate surface area is 215 Å². The highest BCUT2D eigenvalue weighted by atomic mass is 19.1. The third-order valence-corrected chi connectivity index (χ3v) is 7.79. The molecule has 9 heteroatoms. The first-order chi connectivity index (χ1) is 17.8. The van der Waals surface area contributed by atoms with Gasteiger partial charge in [0.05, 0.1) is 30.1 Å². The monoisotopic (exact) mass is 505 g/mol. The van der Waals surface area contributed by atoms with Gasteiger partial charge in [-0.1, -0.05) is 0 Å². The Morgan fingerprint density at radius 3 is 2.51 bits per heavy atom. The molecule has 1 saturated heterocycles. The van der Waals surface area contributed by atoms with Crippen molar-refractivity contribution in [2.45, 2.75) is 31.7 Å². The zero-order valence-electron chi connectivity index (χ0n) is 21.2. The highest BCUT2D eigenvalue weighted by Gasteiger charge is 2.31. The summed E-state index contributed by atoms with van der Waals surface area (Å²) in [6, 6.07) is 11.6. The van der Waals surface area contributed by atoms with Crippen LogP contribution in [-0.4, -0.2) is 54.1 Å². The van der Waals surface area contributed by atoms with Crippen LogP contribution in [0.3, 0.4) is 0 Å². The number of nitrogens with zero attached hydrogens (tertiary/aromatic N) is 5. The van der Waals surface area contributed by atoms with E-state index in [1.807, 2.05) is 7.05 Å². The van der Waals surface area contributed by atoms with Crippen LogP contribution in [0.15, 0.2) is 41.2 Å². The fourth-order valence-electron chi connectivity index (χ4n) is 5.64. The second kappa shape index (κ2) is 10.4. The van der Waals surface area contributed by atoms with Crippen molar-refractivity contribution in [2.24, 2.45) is 18.9 Å². The summed E-state index contributed by atoms with van der Waals surface area (Å²) >= 11 is 0. The number of nitriles is 1. The van der Waals surface area contributed by atoms with E-state index in [9.17, 15) is 19.6 Å². The number of aromatic nitrogens is 2. The summed E-state index contributed by atoms with van der Waals surface area (Å²) in [6.45, 7) is 2.97. The fraction of sp³-hybridized carbons (Fsp3) is 0.464. The number of rotatable bonds is 7. The predicted octanol–water partition coefficient (Wildman–Crippen LogP) is 3.80. The number of fused-ring (bicyclic) bond motifs is 1. The van der Waals surface area contributed by atoms with E-state index in [0.29, 0.717) is 47.5 Å². The summed E-state index contributed by atoms with van der Waals surface area (Å²) in [5.41, 5.74) is 2.98. The molecule has 2 aromatic heterocycles. The Bertz CT molecular complexity index is 1390. The third-order valence-electron chi connectivity index (χ3n) is 7.79. The summed E-state index contributed by atoms with van der Waals surface area (Å²) < 4.78 is 20.6. The first-order valence-corrected chi connectivity index (χ1v) is 12.8. The van der Waals surface area contributed by atoms with Crippen LogP contribution in [-0.2, 0) is 11.8 Å². The molecule has 2 fully saturated rings. The van der Waals surface area contributed by atoms with Gasteiger partial charge in [0.1, 0.15) is 28.8 Å². The van der Waals surface area contributed by atoms with Crippen LogP contribution < -0.4 is 15.4 Å². The van der Waals surface area contributed by atoms with E-state index in [1.54, 1.807) is 35.9 Å². The zero-order valence-corrected chi connectivity index (χ0v) is 21.2. The van der Waals surface area contributed by atoms with Crippen molar-refractivity contribution in [1.29, 1.82) is 5.26 Å². The molecule has 1 N–H and O–H groups in total. The summed E-state index contributed by atoms with van der Waals surface area (Å²) in [5, 5.41) is 19.8. The highest BCUT2D eigenvalue weighted by molar-refractivity contribution is 5.88. The number of anilines is 2. The third kappa shape index (κ3) is 5.12. The van der Waals surface area contributed by atoms with Crippen LogP contribution in [0, 0.1) is 29.0 Å². The molecule has 2 aliphatic rings. The molecular weight excluding hydrogens is 473 g/mol. The lowest BCUT2D eigenvalue weighted by Crippen LogP contribution is -2.46. The standard InChI is InChI=1S/C28H32FN5O3/c1-32(25-12-27(36)33(2)24-10-6-21(13-30)31-28(24)25)14-18-3-7-22(8-4-18)34(15-19-16-37-17-19)23-9-5-20(29)11-26(23)35/h5-6,9-12,18-19,22,35H,3-4,7-8,14-17H2,1-2H3. The average Bonchev–Trinajstić information content (AvgIpc) is 2.86. The summed E-state index contributed by atoms with van der Waals surface area (Å²) in [6.07, 6.45) is 3.90. The Hall–Kier alpha value is -3.64. The van der Waals surface area contributed by atoms with Crippen molar-refractivity contribution in [3.63, 3.8) is 0 Å². The maximum atomic E-state index is 13.6. The van der Waals surface area contributed by atoms with Gasteiger partial charge >= 0.3 is 0 Å². The Kier molecular flexibility index (Phi) is 7.02. The number of phenolic OH excluding ortho intramolecular Hbond substituents is 1. The van der Waals surface area contributed by atoms with Gasteiger partial charge in [0.15, 0.2) is 0 Å². The maximum Gasteiger partial charge on any atom is 0.252 e. The minimum Gasteiger partial charge on any atom is -0.506 e. The van der Waals surface area contributed by atoms with E-state index in [-0.39, 0.29) is 17.4 Å². The van der Waals surface area contributed by atoms with Gasteiger partial charge in [0.25, 0.3) is 5.56 Å². The largest absolute Gasteiger partial charge is 0.506 e. The minimum atomic E-state index is -0.445. The van der Waals surface area contributed by atoms with E-state index in [2.05, 4.69) is 20.9 Å². The topological polar surface area (TPSA) is 94.6 Å². The number of pyridine rings is 2. The van der Waals surface area contributed by atoms with Gasteiger partial charge in [0.2, 0.25) is 0 Å². The molecule has 5 rings (SSSR count). The molecule has 1 aliphatic heterocycles. The average molecular weight is 506 g/mol. The van der Waals surface area contributed by atoms with E-state index < -0.39 is 5.82 Å². The number of aromatic hydroxyl groups is 1. The van der Waals surface area contributed by atoms with Gasteiger partial charge in [-0.2, -0.15) is 5.26 Å². The molecule has 8 nitrogen and oxygen atoms in total. The van der Waals surface area contributed by atoms with E-state index in [4.69, 9.17) is 4.74 Å². The molecule has 0 atom stereocenters. The number of hydrogen-bond donors (Lipinski definition) is 1. The van der Waals surface area contributed by atoms with Gasteiger partial charge in [-0.25, -0.2) is 9.37 Å². The lowest BCUT2D eigenvalue weighted by molar-refractivity contribution is -0.0287. The van der Waals surface area contributed by atoms with Crippen LogP contribution in [0.4, 0.5) is 15.8 Å². The van der Waals surface area contributed by atoms with Gasteiger partial charge in [-0.15, -0.1) is 0 Å². The smallest absolute Gasteiger partial charge is 0.252 e. The Morgan fingerprint density at radius 1 is 1.11 bits per heavy atom. The molecule has 0 amide bonds. The normalized spacial score (nSPS) is 19.8. The number of halogens is 1. The summed E-state index contributed by atoms with van der Waals surface area (Å²) in [4.78, 5) is 21.4. The molecule has 0 unspecified atom stereocenters. The molecule has 3 aromatic rings. The lowest BCUT2D eigenvalue weighted by Gasteiger charge is -2.42. The number of benzene rings is 1. The molecule has 0 spiro atoms. The quantitative estimate of drug-likeness (QED) is 0.522. The fourth-order valence-corrected chi connectivity index (χ4v) is 5.64. The predicted molar refractivity (Wildman–Crippen MR) is 140 cm³/mol. The second-order valence-electron chi connectivity index (χ2n) is 10.3. The van der Waals surface area contributed by atoms with Gasteiger partial charge in [-0.05, 0) is 55.9 Å². The number of phenols is 1. The molecule has 1 saturated carbocycles. The molecule has 194 valence electrons. The van der Waals surface area contributed by atoms with Crippen LogP contribution in [0.25, 0.3) is 11.0 Å². The molecule has 0 radical (unpaired) electrons. The SMILES string of the molecule is CN(CC1CCC(N(CC2COC2)c2ccc(F)cc2O)CC1)c1cc(=O)n(C)c2ccc(C#N)nc12. The summed E-state index contributed by atoms with van der Waals surface area (Å²) in [7, 11) is 3.68. The summed E-state index contributed by atoms with van der Waals surface area (Å²) in [5.74, 6) is 0.367. The van der Waals surface area contributed by atoms with Gasteiger partial charge < -0.3 is 24.2 Å². The zero-order chi connectivity index (χ0) is 26.1. The number of ether oxygens (including phenoxy) is 1. The first kappa shape index (κ1) is 25.0. The van der Waals surface area contributed by atoms with Crippen molar-refractivity contribution in [2.75, 3.05) is 43.2 Å². The van der Waals surface area contributed by atoms with Crippen molar-refractivity contribution >= 4 is 22.4 Å². The first-order valence-electron chi connectivity index (χ1n) is 12.8. The van der Waals surface area contributed by atoms with Gasteiger partial charge in [-0.3, -0.25) is 4.79 Å². The Morgan fingerprint density at radius 2 is 1.86 bits per heavy atom. The van der Waals surface area contributed by atoms with Gasteiger partial charge in [0, 0.05) is 51.3 Å². The molecule has 0 bridgehead atoms. The van der Waals surface area contributed by atoms with Crippen LogP contribution >= 0.6 is 0 Å². The van der Waals surface area contributed by atoms with Crippen LogP contribution in [0.1, 0.15) is 31.4 Å². The van der Waals surface area contributed by atoms with Crippen molar-refractivity contribution in [3.8, 4) is 11.8 Å². The molecule has 3 heterocycles. The molecule has 1 aromatic carbocycles.